The molecule has 2 aliphatic heterocycles. The number of nitrogens with zero attached hydrogens (tertiary/aromatic N) is 2. The molecule has 1 atom stereocenters. The zero-order valence-electron chi connectivity index (χ0n) is 9.76. The van der Waals surface area contributed by atoms with Crippen LogP contribution in [0.3, 0.4) is 0 Å². The highest BCUT2D eigenvalue weighted by atomic mass is 15.2. The Hall–Kier alpha value is -0.0800. The third kappa shape index (κ3) is 2.12. The van der Waals surface area contributed by atoms with E-state index in [9.17, 15) is 0 Å². The second-order valence-corrected chi connectivity index (χ2v) is 5.31. The summed E-state index contributed by atoms with van der Waals surface area (Å²) >= 11 is 0. The van der Waals surface area contributed by atoms with Gasteiger partial charge in [0.05, 0.1) is 0 Å². The summed E-state index contributed by atoms with van der Waals surface area (Å²) in [4.78, 5) is 5.17. The van der Waals surface area contributed by atoms with Crippen LogP contribution in [0.15, 0.2) is 0 Å². The third-order valence-corrected chi connectivity index (χ3v) is 4.04. The lowest BCUT2D eigenvalue weighted by Gasteiger charge is -2.47. The van der Waals surface area contributed by atoms with E-state index in [2.05, 4.69) is 23.8 Å². The first kappa shape index (κ1) is 10.4. The Morgan fingerprint density at radius 2 is 1.79 bits per heavy atom. The number of piperidine rings is 2. The van der Waals surface area contributed by atoms with Crippen molar-refractivity contribution in [2.45, 2.75) is 32.6 Å². The van der Waals surface area contributed by atoms with Crippen LogP contribution in [0.2, 0.25) is 0 Å². The highest BCUT2D eigenvalue weighted by molar-refractivity contribution is 4.91. The van der Waals surface area contributed by atoms with E-state index in [1.807, 2.05) is 0 Å². The average Bonchev–Trinajstić information content (AvgIpc) is 2.17. The van der Waals surface area contributed by atoms with Crippen LogP contribution in [0.5, 0.6) is 0 Å². The molecule has 1 spiro atoms. The number of rotatable bonds is 1. The van der Waals surface area contributed by atoms with E-state index in [-0.39, 0.29) is 0 Å². The Morgan fingerprint density at radius 1 is 1.07 bits per heavy atom. The number of likely N-dealkylation sites (tertiary alicyclic amines) is 2. The van der Waals surface area contributed by atoms with E-state index < -0.39 is 0 Å². The molecule has 0 aromatic heterocycles. The molecule has 0 amide bonds. The van der Waals surface area contributed by atoms with Gasteiger partial charge < -0.3 is 9.80 Å². The van der Waals surface area contributed by atoms with E-state index >= 15 is 0 Å². The van der Waals surface area contributed by atoms with Crippen molar-refractivity contribution in [3.8, 4) is 0 Å². The second kappa shape index (κ2) is 4.19. The van der Waals surface area contributed by atoms with Gasteiger partial charge in [-0.1, -0.05) is 6.92 Å². The first-order valence-electron chi connectivity index (χ1n) is 6.15. The Bertz CT molecular complexity index is 189. The molecule has 0 bridgehead atoms. The Kier molecular flexibility index (Phi) is 3.13. The molecule has 2 heteroatoms. The Balaban J connectivity index is 1.99. The first-order valence-corrected chi connectivity index (χ1v) is 6.15. The van der Waals surface area contributed by atoms with Crippen LogP contribution < -0.4 is 0 Å². The summed E-state index contributed by atoms with van der Waals surface area (Å²) < 4.78 is 0. The maximum Gasteiger partial charge on any atom is 0.00501 e. The molecule has 2 fully saturated rings. The average molecular weight is 196 g/mol. The molecule has 0 aromatic carbocycles. The van der Waals surface area contributed by atoms with Crippen LogP contribution in [-0.2, 0) is 0 Å². The lowest BCUT2D eigenvalue weighted by molar-refractivity contribution is 0.0253. The molecule has 0 saturated carbocycles. The number of hydrogen-bond acceptors (Lipinski definition) is 2. The van der Waals surface area contributed by atoms with Gasteiger partial charge in [0.15, 0.2) is 0 Å². The summed E-state index contributed by atoms with van der Waals surface area (Å²) in [6.45, 7) is 8.88. The number of hydrogen-bond donors (Lipinski definition) is 0. The summed E-state index contributed by atoms with van der Waals surface area (Å²) in [5, 5.41) is 0. The molecule has 2 saturated heterocycles. The lowest BCUT2D eigenvalue weighted by Crippen LogP contribution is -2.51. The predicted octanol–water partition coefficient (Wildman–Crippen LogP) is 1.81. The Labute approximate surface area is 88.3 Å². The highest BCUT2D eigenvalue weighted by Gasteiger charge is 2.37. The predicted molar refractivity (Wildman–Crippen MR) is 60.5 cm³/mol. The summed E-state index contributed by atoms with van der Waals surface area (Å²) in [6.07, 6.45) is 5.76. The van der Waals surface area contributed by atoms with E-state index in [0.29, 0.717) is 5.41 Å². The maximum absolute atomic E-state index is 2.64. The topological polar surface area (TPSA) is 6.48 Å². The van der Waals surface area contributed by atoms with Crippen molar-refractivity contribution in [2.24, 2.45) is 5.41 Å². The van der Waals surface area contributed by atoms with Crippen molar-refractivity contribution >= 4 is 0 Å². The van der Waals surface area contributed by atoms with E-state index in [1.54, 1.807) is 0 Å². The van der Waals surface area contributed by atoms with E-state index in [4.69, 9.17) is 0 Å². The zero-order chi connectivity index (χ0) is 10.0. The van der Waals surface area contributed by atoms with Crippen LogP contribution in [0.25, 0.3) is 0 Å². The van der Waals surface area contributed by atoms with Gasteiger partial charge in [-0.3, -0.25) is 0 Å². The standard InChI is InChI=1S/C12H24N2/c1-3-14-9-5-7-12(11-14)6-4-8-13(2)10-12/h3-11H2,1-2H3. The van der Waals surface area contributed by atoms with Crippen LogP contribution in [0, 0.1) is 5.41 Å². The van der Waals surface area contributed by atoms with Crippen molar-refractivity contribution in [2.75, 3.05) is 39.8 Å². The van der Waals surface area contributed by atoms with Gasteiger partial charge in [0.2, 0.25) is 0 Å². The lowest BCUT2D eigenvalue weighted by atomic mass is 9.74. The molecule has 1 unspecified atom stereocenters. The fraction of sp³-hybridized carbons (Fsp3) is 1.00. The van der Waals surface area contributed by atoms with Crippen molar-refractivity contribution in [3.05, 3.63) is 0 Å². The van der Waals surface area contributed by atoms with Crippen LogP contribution in [-0.4, -0.2) is 49.6 Å². The zero-order valence-corrected chi connectivity index (χ0v) is 9.76. The smallest absolute Gasteiger partial charge is 0.00501 e. The molecule has 2 rings (SSSR count). The van der Waals surface area contributed by atoms with Crippen LogP contribution in [0.1, 0.15) is 32.6 Å². The van der Waals surface area contributed by atoms with Crippen molar-refractivity contribution < 1.29 is 0 Å². The van der Waals surface area contributed by atoms with Crippen molar-refractivity contribution in [3.63, 3.8) is 0 Å². The molecule has 0 aliphatic carbocycles. The van der Waals surface area contributed by atoms with E-state index in [1.165, 1.54) is 58.4 Å². The fourth-order valence-electron chi connectivity index (χ4n) is 3.37. The van der Waals surface area contributed by atoms with Crippen molar-refractivity contribution in [1.82, 2.24) is 9.80 Å². The molecule has 0 radical (unpaired) electrons. The molecule has 2 aliphatic rings. The van der Waals surface area contributed by atoms with Gasteiger partial charge in [-0.2, -0.15) is 0 Å². The summed E-state index contributed by atoms with van der Waals surface area (Å²) in [6, 6.07) is 0. The molecule has 14 heavy (non-hydrogen) atoms. The summed E-state index contributed by atoms with van der Waals surface area (Å²) in [5.41, 5.74) is 0.654. The van der Waals surface area contributed by atoms with Crippen molar-refractivity contribution in [1.29, 1.82) is 0 Å². The molecular weight excluding hydrogens is 172 g/mol. The van der Waals surface area contributed by atoms with Gasteiger partial charge in [0.1, 0.15) is 0 Å². The molecule has 0 aromatic rings. The SMILES string of the molecule is CCN1CCCC2(CCCN(C)C2)C1. The van der Waals surface area contributed by atoms with Gasteiger partial charge in [-0.05, 0) is 57.8 Å². The summed E-state index contributed by atoms with van der Waals surface area (Å²) in [5.74, 6) is 0. The first-order chi connectivity index (χ1) is 6.74. The molecule has 2 nitrogen and oxygen atoms in total. The van der Waals surface area contributed by atoms with Gasteiger partial charge in [-0.15, -0.1) is 0 Å². The third-order valence-electron chi connectivity index (χ3n) is 4.04. The molecule has 2 heterocycles. The second-order valence-electron chi connectivity index (χ2n) is 5.31. The van der Waals surface area contributed by atoms with Gasteiger partial charge in [0.25, 0.3) is 0 Å². The Morgan fingerprint density at radius 3 is 2.43 bits per heavy atom. The van der Waals surface area contributed by atoms with Gasteiger partial charge in [-0.25, -0.2) is 0 Å². The monoisotopic (exact) mass is 196 g/mol. The van der Waals surface area contributed by atoms with Crippen LogP contribution in [0.4, 0.5) is 0 Å². The fourth-order valence-corrected chi connectivity index (χ4v) is 3.37. The maximum atomic E-state index is 2.64. The minimum atomic E-state index is 0.654. The highest BCUT2D eigenvalue weighted by Crippen LogP contribution is 2.37. The minimum Gasteiger partial charge on any atom is -0.306 e. The van der Waals surface area contributed by atoms with Crippen LogP contribution >= 0.6 is 0 Å². The van der Waals surface area contributed by atoms with Gasteiger partial charge in [0, 0.05) is 13.1 Å². The molecular formula is C12H24N2. The minimum absolute atomic E-state index is 0.654. The van der Waals surface area contributed by atoms with E-state index in [0.717, 1.165) is 0 Å². The normalized spacial score (nSPS) is 36.4. The largest absolute Gasteiger partial charge is 0.306 e. The van der Waals surface area contributed by atoms with Gasteiger partial charge >= 0.3 is 0 Å². The molecule has 82 valence electrons. The quantitative estimate of drug-likeness (QED) is 0.631. The molecule has 0 N–H and O–H groups in total. The summed E-state index contributed by atoms with van der Waals surface area (Å²) in [7, 11) is 2.28.